The molecule has 0 aliphatic rings. The van der Waals surface area contributed by atoms with Gasteiger partial charge in [-0.05, 0) is 30.2 Å². The predicted octanol–water partition coefficient (Wildman–Crippen LogP) is 3.23. The highest BCUT2D eigenvalue weighted by molar-refractivity contribution is 7.89. The monoisotopic (exact) mass is 578 g/mol. The number of amides is 1. The number of fused-ring (bicyclic) bond motifs is 1. The van der Waals surface area contributed by atoms with Crippen molar-refractivity contribution < 1.29 is 22.8 Å². The van der Waals surface area contributed by atoms with Crippen molar-refractivity contribution in [3.63, 3.8) is 0 Å². The molecule has 14 heteroatoms. The first-order valence-electron chi connectivity index (χ1n) is 11.2. The summed E-state index contributed by atoms with van der Waals surface area (Å²) in [6.45, 7) is 9.71. The van der Waals surface area contributed by atoms with Gasteiger partial charge in [0.1, 0.15) is 23.6 Å². The van der Waals surface area contributed by atoms with Gasteiger partial charge in [0.05, 0.1) is 21.9 Å². The van der Waals surface area contributed by atoms with Crippen LogP contribution in [0.15, 0.2) is 42.5 Å². The van der Waals surface area contributed by atoms with Crippen LogP contribution in [0.4, 0.5) is 5.13 Å². The van der Waals surface area contributed by atoms with Gasteiger partial charge in [-0.3, -0.25) is 4.79 Å². The van der Waals surface area contributed by atoms with E-state index in [2.05, 4.69) is 20.5 Å². The summed E-state index contributed by atoms with van der Waals surface area (Å²) in [5.74, 6) is -1.10. The van der Waals surface area contributed by atoms with Crippen molar-refractivity contribution in [2.24, 2.45) is 5.14 Å². The van der Waals surface area contributed by atoms with Crippen LogP contribution in [-0.2, 0) is 24.4 Å². The summed E-state index contributed by atoms with van der Waals surface area (Å²) in [6.07, 6.45) is 0. The zero-order valence-corrected chi connectivity index (χ0v) is 23.7. The van der Waals surface area contributed by atoms with Crippen molar-refractivity contribution in [1.82, 2.24) is 20.5 Å². The van der Waals surface area contributed by atoms with Gasteiger partial charge in [0.2, 0.25) is 21.1 Å². The molecule has 0 radical (unpaired) electrons. The maximum Gasteiger partial charge on any atom is 0.229 e. The maximum absolute atomic E-state index is 12.3. The number of nitrogens with one attached hydrogen (secondary N) is 1. The number of hydrogen-bond acceptors (Lipinski definition) is 11. The molecule has 0 saturated carbocycles. The lowest BCUT2D eigenvalue weighted by Crippen LogP contribution is -2.33. The third-order valence-corrected chi connectivity index (χ3v) is 7.54. The Bertz CT molecular complexity index is 1420. The highest BCUT2D eigenvalue weighted by Crippen LogP contribution is 2.32. The molecule has 5 N–H and O–H groups in total. The van der Waals surface area contributed by atoms with E-state index in [-0.39, 0.29) is 18.2 Å². The predicted molar refractivity (Wildman–Crippen MR) is 153 cm³/mol. The van der Waals surface area contributed by atoms with Crippen LogP contribution in [0.3, 0.4) is 0 Å². The molecule has 1 amide bonds. The second-order valence-electron chi connectivity index (χ2n) is 7.14. The number of hydrogen-bond donors (Lipinski definition) is 3. The summed E-state index contributed by atoms with van der Waals surface area (Å²) in [5, 5.41) is 17.3. The number of benzene rings is 2. The van der Waals surface area contributed by atoms with Gasteiger partial charge in [-0.15, -0.1) is 21.5 Å². The van der Waals surface area contributed by atoms with Crippen molar-refractivity contribution >= 4 is 67.5 Å². The first-order valence-corrected chi connectivity index (χ1v) is 14.5. The van der Waals surface area contributed by atoms with Crippen LogP contribution in [0.1, 0.15) is 31.7 Å². The number of carbonyl (C=O) groups excluding carboxylic acids is 3. The van der Waals surface area contributed by atoms with Crippen molar-refractivity contribution in [2.75, 3.05) is 18.0 Å². The average Bonchev–Trinajstić information content (AvgIpc) is 3.57. The second kappa shape index (κ2) is 15.6. The summed E-state index contributed by atoms with van der Waals surface area (Å²) in [4.78, 5) is 32.9. The van der Waals surface area contributed by atoms with Crippen molar-refractivity contribution in [3.05, 3.63) is 47.5 Å². The van der Waals surface area contributed by atoms with Crippen LogP contribution in [0.5, 0.6) is 0 Å². The molecule has 11 nitrogen and oxygen atoms in total. The maximum atomic E-state index is 12.3. The van der Waals surface area contributed by atoms with Crippen molar-refractivity contribution in [3.8, 4) is 21.7 Å². The molecule has 0 aliphatic carbocycles. The molecule has 0 fully saturated rings. The number of sulfonamides is 1. The van der Waals surface area contributed by atoms with E-state index in [0.29, 0.717) is 10.1 Å². The van der Waals surface area contributed by atoms with Gasteiger partial charge in [-0.1, -0.05) is 55.5 Å². The van der Waals surface area contributed by atoms with Gasteiger partial charge in [0.25, 0.3) is 0 Å². The molecular weight excluding hydrogens is 549 g/mol. The number of nitrogen functional groups attached to an aromatic ring is 1. The highest BCUT2D eigenvalue weighted by atomic mass is 32.2. The number of primary sulfonamides is 1. The Morgan fingerprint density at radius 2 is 1.55 bits per heavy atom. The molecule has 4 aromatic rings. The Labute approximate surface area is 229 Å². The molecule has 0 aliphatic heterocycles. The largest absolute Gasteiger partial charge is 0.374 e. The molecular formula is C24H30N6O5S3. The fourth-order valence-corrected chi connectivity index (χ4v) is 5.10. The number of nitrogens with zero attached hydrogens (tertiary/aromatic N) is 3. The summed E-state index contributed by atoms with van der Waals surface area (Å²) < 4.78 is 23.0. The normalized spacial score (nSPS) is 11.1. The van der Waals surface area contributed by atoms with E-state index < -0.39 is 15.9 Å². The van der Waals surface area contributed by atoms with E-state index in [1.807, 2.05) is 69.9 Å². The van der Waals surface area contributed by atoms with E-state index in [1.165, 1.54) is 22.7 Å². The highest BCUT2D eigenvalue weighted by Gasteiger charge is 2.20. The van der Waals surface area contributed by atoms with Gasteiger partial charge in [0.15, 0.2) is 0 Å². The Kier molecular flexibility index (Phi) is 13.3. The summed E-state index contributed by atoms with van der Waals surface area (Å²) in [7, 11) is -3.62. The van der Waals surface area contributed by atoms with Gasteiger partial charge < -0.3 is 20.6 Å². The van der Waals surface area contributed by atoms with E-state index in [9.17, 15) is 13.2 Å². The fourth-order valence-electron chi connectivity index (χ4n) is 3.05. The van der Waals surface area contributed by atoms with Crippen molar-refractivity contribution in [1.29, 1.82) is 0 Å². The standard InChI is InChI=1S/C20H20N6O3S3.C2H6.2CH2O/c1-11(17(27)23-8-9-32(22,28)29)18-24-15-7-6-14(10-16(15)30-18)12-2-4-13(5-3-12)19-25-26-20(21)31-19;3*1-2/h2-7,10-11H,8-9H2,1H3,(H2,21,26)(H,23,27)(H2,22,28,29);1-2H3;2*1H2. The number of nitrogens with two attached hydrogens (primary N) is 2. The number of aromatic nitrogens is 3. The molecule has 0 saturated heterocycles. The zero-order valence-electron chi connectivity index (χ0n) is 21.2. The van der Waals surface area contributed by atoms with Gasteiger partial charge in [-0.2, -0.15) is 0 Å². The van der Waals surface area contributed by atoms with E-state index in [4.69, 9.17) is 20.5 Å². The topological polar surface area (TPSA) is 188 Å². The van der Waals surface area contributed by atoms with Crippen LogP contribution in [0, 0.1) is 0 Å². The van der Waals surface area contributed by atoms with Gasteiger partial charge in [0, 0.05) is 12.1 Å². The van der Waals surface area contributed by atoms with Crippen molar-refractivity contribution in [2.45, 2.75) is 26.7 Å². The summed E-state index contributed by atoms with van der Waals surface area (Å²) >= 11 is 2.78. The van der Waals surface area contributed by atoms with E-state index in [0.717, 1.165) is 31.9 Å². The van der Waals surface area contributed by atoms with Gasteiger partial charge >= 0.3 is 0 Å². The SMILES string of the molecule is C=O.C=O.CC.CC(C(=O)NCCS(N)(=O)=O)c1nc2ccc(-c3ccc(-c4nnc(N)s4)cc3)cc2s1. The van der Waals surface area contributed by atoms with Crippen LogP contribution < -0.4 is 16.2 Å². The lowest BCUT2D eigenvalue weighted by molar-refractivity contribution is -0.122. The zero-order chi connectivity index (χ0) is 28.9. The van der Waals surface area contributed by atoms with Crippen LogP contribution in [0.2, 0.25) is 0 Å². The molecule has 2 aromatic heterocycles. The Hall–Kier alpha value is -3.59. The molecule has 1 unspecified atom stereocenters. The third-order valence-electron chi connectivity index (χ3n) is 4.76. The molecule has 0 bridgehead atoms. The first-order chi connectivity index (χ1) is 18.2. The Morgan fingerprint density at radius 1 is 0.974 bits per heavy atom. The number of carbonyl (C=O) groups is 3. The molecule has 0 spiro atoms. The van der Waals surface area contributed by atoms with E-state index >= 15 is 0 Å². The quantitative estimate of drug-likeness (QED) is 0.296. The summed E-state index contributed by atoms with van der Waals surface area (Å²) in [6, 6.07) is 13.9. The minimum atomic E-state index is -3.62. The third kappa shape index (κ3) is 9.06. The Morgan fingerprint density at radius 3 is 2.11 bits per heavy atom. The number of anilines is 1. The smallest absolute Gasteiger partial charge is 0.229 e. The lowest BCUT2D eigenvalue weighted by atomic mass is 10.0. The minimum absolute atomic E-state index is 0.0311. The molecule has 38 heavy (non-hydrogen) atoms. The van der Waals surface area contributed by atoms with Gasteiger partial charge in [-0.25, -0.2) is 18.5 Å². The lowest BCUT2D eigenvalue weighted by Gasteiger charge is -2.08. The van der Waals surface area contributed by atoms with E-state index in [1.54, 1.807) is 6.92 Å². The number of rotatable bonds is 7. The minimum Gasteiger partial charge on any atom is -0.374 e. The van der Waals surface area contributed by atoms with Crippen LogP contribution >= 0.6 is 22.7 Å². The average molecular weight is 579 g/mol. The number of thiazole rings is 1. The van der Waals surface area contributed by atoms with Crippen LogP contribution in [-0.4, -0.2) is 55.4 Å². The fraction of sp³-hybridized carbons (Fsp3) is 0.250. The summed E-state index contributed by atoms with van der Waals surface area (Å²) in [5.41, 5.74) is 9.48. The molecule has 4 rings (SSSR count). The second-order valence-corrected chi connectivity index (χ2v) is 10.9. The molecule has 2 aromatic carbocycles. The first kappa shape index (κ1) is 32.4. The molecule has 204 valence electrons. The molecule has 1 atom stereocenters. The molecule has 2 heterocycles. The Balaban J connectivity index is 0.00000112. The van der Waals surface area contributed by atoms with Crippen LogP contribution in [0.25, 0.3) is 31.9 Å².